The van der Waals surface area contributed by atoms with Gasteiger partial charge in [-0.3, -0.25) is 5.10 Å². The topological polar surface area (TPSA) is 82.6 Å². The smallest absolute Gasteiger partial charge is 0.233 e. The summed E-state index contributed by atoms with van der Waals surface area (Å²) in [5, 5.41) is 10.3. The van der Waals surface area contributed by atoms with E-state index in [9.17, 15) is 4.39 Å². The van der Waals surface area contributed by atoms with Crippen molar-refractivity contribution < 1.29 is 4.39 Å². The largest absolute Gasteiger partial charge is 0.341 e. The Morgan fingerprint density at radius 2 is 1.93 bits per heavy atom. The van der Waals surface area contributed by atoms with Gasteiger partial charge in [-0.2, -0.15) is 20.1 Å². The van der Waals surface area contributed by atoms with Crippen LogP contribution >= 0.6 is 0 Å². The Labute approximate surface area is 168 Å². The first-order valence-corrected chi connectivity index (χ1v) is 9.59. The van der Waals surface area contributed by atoms with Crippen LogP contribution in [0.1, 0.15) is 36.8 Å². The third-order valence-electron chi connectivity index (χ3n) is 4.49. The fourth-order valence-corrected chi connectivity index (χ4v) is 3.13. The van der Waals surface area contributed by atoms with E-state index in [2.05, 4.69) is 35.4 Å². The third kappa shape index (κ3) is 4.84. The second-order valence-corrected chi connectivity index (χ2v) is 6.73. The van der Waals surface area contributed by atoms with Gasteiger partial charge in [0.15, 0.2) is 11.6 Å². The van der Waals surface area contributed by atoms with Crippen molar-refractivity contribution in [3.05, 3.63) is 59.3 Å². The van der Waals surface area contributed by atoms with E-state index in [1.807, 2.05) is 31.2 Å². The van der Waals surface area contributed by atoms with Gasteiger partial charge >= 0.3 is 0 Å². The first-order valence-electron chi connectivity index (χ1n) is 9.59. The zero-order valence-corrected chi connectivity index (χ0v) is 16.1. The van der Waals surface area contributed by atoms with Crippen molar-refractivity contribution in [3.63, 3.8) is 0 Å². The SMILES string of the molecule is C/C=C/c1cc(Nc2nc(/C=C/c3cccc(F)c3)nc(N3CCCC3)n2)n[nH]1. The minimum Gasteiger partial charge on any atom is -0.341 e. The minimum absolute atomic E-state index is 0.279. The van der Waals surface area contributed by atoms with Crippen LogP contribution in [0.15, 0.2) is 36.4 Å². The number of anilines is 3. The van der Waals surface area contributed by atoms with Crippen molar-refractivity contribution in [1.82, 2.24) is 25.1 Å². The lowest BCUT2D eigenvalue weighted by molar-refractivity contribution is 0.627. The first kappa shape index (κ1) is 18.8. The van der Waals surface area contributed by atoms with Crippen molar-refractivity contribution in [3.8, 4) is 0 Å². The average molecular weight is 391 g/mol. The number of benzene rings is 1. The van der Waals surface area contributed by atoms with Crippen LogP contribution in [0.3, 0.4) is 0 Å². The van der Waals surface area contributed by atoms with Gasteiger partial charge in [0.1, 0.15) is 5.82 Å². The van der Waals surface area contributed by atoms with Crippen LogP contribution in [0.2, 0.25) is 0 Å². The summed E-state index contributed by atoms with van der Waals surface area (Å²) < 4.78 is 13.4. The minimum atomic E-state index is -0.279. The molecule has 148 valence electrons. The van der Waals surface area contributed by atoms with Gasteiger partial charge in [0, 0.05) is 19.2 Å². The number of hydrogen-bond acceptors (Lipinski definition) is 6. The molecule has 3 heterocycles. The van der Waals surface area contributed by atoms with E-state index in [1.54, 1.807) is 18.2 Å². The van der Waals surface area contributed by atoms with Crippen LogP contribution in [0.4, 0.5) is 22.1 Å². The molecule has 7 nitrogen and oxygen atoms in total. The van der Waals surface area contributed by atoms with Crippen molar-refractivity contribution in [2.45, 2.75) is 19.8 Å². The molecular formula is C21H22FN7. The Bertz CT molecular complexity index is 1040. The van der Waals surface area contributed by atoms with Crippen molar-refractivity contribution in [2.24, 2.45) is 0 Å². The average Bonchev–Trinajstić information content (AvgIpc) is 3.39. The lowest BCUT2D eigenvalue weighted by Crippen LogP contribution is -2.21. The van der Waals surface area contributed by atoms with Crippen LogP contribution in [-0.2, 0) is 0 Å². The predicted octanol–water partition coefficient (Wildman–Crippen LogP) is 4.28. The molecule has 0 atom stereocenters. The van der Waals surface area contributed by atoms with Gasteiger partial charge in [-0.15, -0.1) is 0 Å². The molecule has 0 saturated carbocycles. The van der Waals surface area contributed by atoms with Gasteiger partial charge in [-0.05, 0) is 49.6 Å². The molecule has 0 aliphatic carbocycles. The number of hydrogen-bond donors (Lipinski definition) is 2. The molecule has 2 N–H and O–H groups in total. The van der Waals surface area contributed by atoms with E-state index in [1.165, 1.54) is 12.1 Å². The van der Waals surface area contributed by atoms with Gasteiger partial charge in [0.25, 0.3) is 0 Å². The number of rotatable bonds is 6. The molecule has 0 unspecified atom stereocenters. The Morgan fingerprint density at radius 3 is 2.72 bits per heavy atom. The van der Waals surface area contributed by atoms with Crippen molar-refractivity contribution in [1.29, 1.82) is 0 Å². The molecule has 3 aromatic rings. The lowest BCUT2D eigenvalue weighted by atomic mass is 10.2. The van der Waals surface area contributed by atoms with Crippen molar-refractivity contribution >= 4 is 35.9 Å². The van der Waals surface area contributed by atoms with Gasteiger partial charge < -0.3 is 10.2 Å². The van der Waals surface area contributed by atoms with E-state index in [0.29, 0.717) is 23.5 Å². The number of halogens is 1. The number of nitrogens with zero attached hydrogens (tertiary/aromatic N) is 5. The zero-order chi connectivity index (χ0) is 20.1. The maximum atomic E-state index is 13.4. The van der Waals surface area contributed by atoms with Gasteiger partial charge in [0.05, 0.1) is 5.69 Å². The van der Waals surface area contributed by atoms with E-state index < -0.39 is 0 Å². The maximum absolute atomic E-state index is 13.4. The van der Waals surface area contributed by atoms with Crippen LogP contribution in [0, 0.1) is 5.82 Å². The summed E-state index contributed by atoms with van der Waals surface area (Å²) in [6.45, 7) is 3.79. The number of aromatic amines is 1. The van der Waals surface area contributed by atoms with E-state index in [4.69, 9.17) is 0 Å². The molecule has 0 spiro atoms. The fraction of sp³-hybridized carbons (Fsp3) is 0.238. The van der Waals surface area contributed by atoms with E-state index in [0.717, 1.165) is 37.2 Å². The van der Waals surface area contributed by atoms with Gasteiger partial charge in [-0.1, -0.05) is 24.3 Å². The van der Waals surface area contributed by atoms with Crippen molar-refractivity contribution in [2.75, 3.05) is 23.3 Å². The van der Waals surface area contributed by atoms with Gasteiger partial charge in [0.2, 0.25) is 11.9 Å². The monoisotopic (exact) mass is 391 g/mol. The summed E-state index contributed by atoms with van der Waals surface area (Å²) in [4.78, 5) is 15.8. The van der Waals surface area contributed by atoms with Crippen LogP contribution in [-0.4, -0.2) is 38.2 Å². The molecule has 1 fully saturated rings. The highest BCUT2D eigenvalue weighted by molar-refractivity contribution is 5.67. The second kappa shape index (κ2) is 8.64. The van der Waals surface area contributed by atoms with Gasteiger partial charge in [-0.25, -0.2) is 4.39 Å². The predicted molar refractivity (Wildman–Crippen MR) is 113 cm³/mol. The summed E-state index contributed by atoms with van der Waals surface area (Å²) in [5.41, 5.74) is 1.63. The molecule has 0 bridgehead atoms. The van der Waals surface area contributed by atoms with E-state index in [-0.39, 0.29) is 5.82 Å². The molecule has 0 radical (unpaired) electrons. The number of aromatic nitrogens is 5. The molecule has 1 saturated heterocycles. The summed E-state index contributed by atoms with van der Waals surface area (Å²) >= 11 is 0. The van der Waals surface area contributed by atoms with Crippen LogP contribution in [0.5, 0.6) is 0 Å². The van der Waals surface area contributed by atoms with Crippen LogP contribution < -0.4 is 10.2 Å². The molecule has 29 heavy (non-hydrogen) atoms. The number of allylic oxidation sites excluding steroid dienone is 1. The fourth-order valence-electron chi connectivity index (χ4n) is 3.13. The first-order chi connectivity index (χ1) is 14.2. The molecule has 2 aromatic heterocycles. The Hall–Kier alpha value is -3.55. The third-order valence-corrected chi connectivity index (χ3v) is 4.49. The molecule has 1 aromatic carbocycles. The second-order valence-electron chi connectivity index (χ2n) is 6.73. The number of nitrogens with one attached hydrogen (secondary N) is 2. The van der Waals surface area contributed by atoms with Crippen LogP contribution in [0.25, 0.3) is 18.2 Å². The van der Waals surface area contributed by atoms with E-state index >= 15 is 0 Å². The molecular weight excluding hydrogens is 369 g/mol. The highest BCUT2D eigenvalue weighted by Gasteiger charge is 2.17. The Balaban J connectivity index is 1.62. The number of H-pyrrole nitrogens is 1. The quantitative estimate of drug-likeness (QED) is 0.653. The molecule has 8 heteroatoms. The highest BCUT2D eigenvalue weighted by atomic mass is 19.1. The summed E-state index contributed by atoms with van der Waals surface area (Å²) in [7, 11) is 0. The Kier molecular flexibility index (Phi) is 5.60. The lowest BCUT2D eigenvalue weighted by Gasteiger charge is -2.16. The molecule has 1 aliphatic heterocycles. The highest BCUT2D eigenvalue weighted by Crippen LogP contribution is 2.20. The molecule has 0 amide bonds. The Morgan fingerprint density at radius 1 is 1.07 bits per heavy atom. The summed E-state index contributed by atoms with van der Waals surface area (Å²) in [5.74, 6) is 1.88. The molecule has 4 rings (SSSR count). The summed E-state index contributed by atoms with van der Waals surface area (Å²) in [6, 6.07) is 8.25. The standard InChI is InChI=1S/C21H22FN7/c1-2-6-17-14-19(28-27-17)24-20-23-18(10-9-15-7-5-8-16(22)13-15)25-21(26-20)29-11-3-4-12-29/h2,5-10,13-14H,3-4,11-12H2,1H3,(H2,23,24,25,26,27,28)/b6-2+,10-9+. The maximum Gasteiger partial charge on any atom is 0.233 e. The zero-order valence-electron chi connectivity index (χ0n) is 16.1. The molecule has 1 aliphatic rings. The summed E-state index contributed by atoms with van der Waals surface area (Å²) in [6.07, 6.45) is 9.64. The normalized spacial score (nSPS) is 14.3.